The zero-order valence-electron chi connectivity index (χ0n) is 17.4. The van der Waals surface area contributed by atoms with E-state index in [2.05, 4.69) is 62.6 Å². The summed E-state index contributed by atoms with van der Waals surface area (Å²) in [5.74, 6) is 0.698. The van der Waals surface area contributed by atoms with E-state index in [4.69, 9.17) is 0 Å². The van der Waals surface area contributed by atoms with Crippen molar-refractivity contribution in [2.24, 2.45) is 0 Å². The Morgan fingerprint density at radius 1 is 0.839 bits per heavy atom. The summed E-state index contributed by atoms with van der Waals surface area (Å²) in [6.45, 7) is 4.24. The second kappa shape index (κ2) is 10.0. The van der Waals surface area contributed by atoms with Crippen molar-refractivity contribution in [1.29, 1.82) is 0 Å². The molecule has 31 heavy (non-hydrogen) atoms. The van der Waals surface area contributed by atoms with Crippen molar-refractivity contribution in [3.8, 4) is 0 Å². The standard InChI is InChI=1S/C23H26N3O2PS2/c1-20-12-14-23(15-13-20)31(27,28)24-16-19-30-29-25(21-8-4-2-5-9-21)17-18-26(29)22-10-6-3-7-11-22/h2-15,24H,16-19H2,1H3. The summed E-state index contributed by atoms with van der Waals surface area (Å²) < 4.78 is 32.8. The van der Waals surface area contributed by atoms with Gasteiger partial charge in [0.1, 0.15) is 0 Å². The summed E-state index contributed by atoms with van der Waals surface area (Å²) in [6, 6.07) is 27.8. The van der Waals surface area contributed by atoms with Crippen LogP contribution >= 0.6 is 18.8 Å². The van der Waals surface area contributed by atoms with Crippen LogP contribution in [-0.2, 0) is 10.0 Å². The molecule has 0 amide bonds. The van der Waals surface area contributed by atoms with E-state index in [1.807, 2.05) is 42.6 Å². The zero-order chi connectivity index (χ0) is 21.7. The average molecular weight is 472 g/mol. The maximum Gasteiger partial charge on any atom is 0.240 e. The molecule has 1 aliphatic rings. The monoisotopic (exact) mass is 471 g/mol. The van der Waals surface area contributed by atoms with Gasteiger partial charge in [0.25, 0.3) is 0 Å². The molecular weight excluding hydrogens is 445 g/mol. The van der Waals surface area contributed by atoms with Gasteiger partial charge in [0.15, 0.2) is 7.42 Å². The average Bonchev–Trinajstić information content (AvgIpc) is 3.22. The first-order chi connectivity index (χ1) is 15.0. The molecule has 3 aromatic rings. The lowest BCUT2D eigenvalue weighted by atomic mass is 10.2. The molecule has 0 atom stereocenters. The van der Waals surface area contributed by atoms with Gasteiger partial charge < -0.3 is 9.34 Å². The number of rotatable bonds is 8. The molecule has 4 rings (SSSR count). The number of para-hydroxylation sites is 2. The Kier molecular flexibility index (Phi) is 7.18. The van der Waals surface area contributed by atoms with Gasteiger partial charge in [-0.25, -0.2) is 13.1 Å². The highest BCUT2D eigenvalue weighted by Gasteiger charge is 2.33. The van der Waals surface area contributed by atoms with E-state index in [1.54, 1.807) is 12.1 Å². The van der Waals surface area contributed by atoms with Crippen molar-refractivity contribution in [2.75, 3.05) is 34.7 Å². The van der Waals surface area contributed by atoms with Crippen LogP contribution in [0.5, 0.6) is 0 Å². The van der Waals surface area contributed by atoms with Crippen LogP contribution in [-0.4, -0.2) is 33.8 Å². The van der Waals surface area contributed by atoms with E-state index in [1.165, 1.54) is 11.4 Å². The largest absolute Gasteiger partial charge is 0.324 e. The summed E-state index contributed by atoms with van der Waals surface area (Å²) in [7, 11) is -4.17. The maximum absolute atomic E-state index is 12.6. The summed E-state index contributed by atoms with van der Waals surface area (Å²) in [5, 5.41) is 0. The SMILES string of the molecule is Cc1ccc(S(=O)(=O)NCCSP2N(c3ccccc3)CCN2c2ccccc2)cc1. The third-order valence-corrected chi connectivity index (χ3v) is 11.2. The number of hydrogen-bond donors (Lipinski definition) is 1. The van der Waals surface area contributed by atoms with E-state index >= 15 is 0 Å². The first kappa shape index (κ1) is 22.2. The van der Waals surface area contributed by atoms with Crippen LogP contribution in [0, 0.1) is 6.92 Å². The Morgan fingerprint density at radius 2 is 1.35 bits per heavy atom. The van der Waals surface area contributed by atoms with E-state index in [-0.39, 0.29) is 0 Å². The lowest BCUT2D eigenvalue weighted by Crippen LogP contribution is -2.26. The van der Waals surface area contributed by atoms with Crippen molar-refractivity contribution >= 4 is 40.2 Å². The Bertz CT molecular complexity index is 1030. The Hall–Kier alpha value is -2.05. The number of benzene rings is 3. The van der Waals surface area contributed by atoms with E-state index in [9.17, 15) is 8.42 Å². The van der Waals surface area contributed by atoms with Crippen LogP contribution in [0.2, 0.25) is 0 Å². The fourth-order valence-corrected chi connectivity index (χ4v) is 9.29. The van der Waals surface area contributed by atoms with Crippen molar-refractivity contribution in [3.05, 3.63) is 90.5 Å². The van der Waals surface area contributed by atoms with Crippen LogP contribution in [0.1, 0.15) is 5.56 Å². The van der Waals surface area contributed by atoms with Crippen LogP contribution < -0.4 is 14.1 Å². The molecule has 0 saturated carbocycles. The Balaban J connectivity index is 1.43. The highest BCUT2D eigenvalue weighted by atomic mass is 32.7. The molecule has 0 unspecified atom stereocenters. The molecule has 162 valence electrons. The van der Waals surface area contributed by atoms with Crippen LogP contribution in [0.25, 0.3) is 0 Å². The minimum atomic E-state index is -3.49. The fourth-order valence-electron chi connectivity index (χ4n) is 3.39. The van der Waals surface area contributed by atoms with Crippen molar-refractivity contribution < 1.29 is 8.42 Å². The molecule has 1 fully saturated rings. The molecule has 1 heterocycles. The van der Waals surface area contributed by atoms with Gasteiger partial charge in [-0.05, 0) is 43.3 Å². The lowest BCUT2D eigenvalue weighted by molar-refractivity contribution is 0.584. The van der Waals surface area contributed by atoms with Crippen molar-refractivity contribution in [2.45, 2.75) is 11.8 Å². The van der Waals surface area contributed by atoms with Gasteiger partial charge >= 0.3 is 0 Å². The van der Waals surface area contributed by atoms with E-state index in [0.29, 0.717) is 17.2 Å². The molecule has 1 N–H and O–H groups in total. The summed E-state index contributed by atoms with van der Waals surface area (Å²) in [4.78, 5) is 0.312. The van der Waals surface area contributed by atoms with Gasteiger partial charge in [0.05, 0.1) is 4.90 Å². The number of anilines is 2. The van der Waals surface area contributed by atoms with Crippen LogP contribution in [0.4, 0.5) is 11.4 Å². The van der Waals surface area contributed by atoms with Gasteiger partial charge in [-0.15, -0.1) is 0 Å². The fraction of sp³-hybridized carbons (Fsp3) is 0.217. The van der Waals surface area contributed by atoms with Gasteiger partial charge in [-0.1, -0.05) is 65.5 Å². The highest BCUT2D eigenvalue weighted by Crippen LogP contribution is 2.61. The van der Waals surface area contributed by atoms with Gasteiger partial charge in [-0.2, -0.15) is 0 Å². The first-order valence-corrected chi connectivity index (χ1v) is 14.5. The zero-order valence-corrected chi connectivity index (χ0v) is 19.9. The van der Waals surface area contributed by atoms with Crippen LogP contribution in [0.15, 0.2) is 89.8 Å². The molecule has 8 heteroatoms. The molecule has 0 aliphatic carbocycles. The predicted octanol–water partition coefficient (Wildman–Crippen LogP) is 5.26. The van der Waals surface area contributed by atoms with Gasteiger partial charge in [-0.3, -0.25) is 0 Å². The predicted molar refractivity (Wildman–Crippen MR) is 133 cm³/mol. The molecule has 0 aromatic heterocycles. The van der Waals surface area contributed by atoms with Crippen LogP contribution in [0.3, 0.4) is 0 Å². The number of nitrogens with zero attached hydrogens (tertiary/aromatic N) is 2. The van der Waals surface area contributed by atoms with Crippen molar-refractivity contribution in [3.63, 3.8) is 0 Å². The lowest BCUT2D eigenvalue weighted by Gasteiger charge is -2.31. The van der Waals surface area contributed by atoms with E-state index in [0.717, 1.165) is 18.7 Å². The third kappa shape index (κ3) is 5.42. The minimum Gasteiger partial charge on any atom is -0.324 e. The number of hydrogen-bond acceptors (Lipinski definition) is 5. The smallest absolute Gasteiger partial charge is 0.240 e. The van der Waals surface area contributed by atoms with Gasteiger partial charge in [0.2, 0.25) is 10.0 Å². The Morgan fingerprint density at radius 3 is 1.87 bits per heavy atom. The topological polar surface area (TPSA) is 52.7 Å². The summed E-state index contributed by atoms with van der Waals surface area (Å²) in [5.41, 5.74) is 3.46. The number of aryl methyl sites for hydroxylation is 1. The second-order valence-electron chi connectivity index (χ2n) is 7.21. The molecule has 0 radical (unpaired) electrons. The first-order valence-electron chi connectivity index (χ1n) is 10.2. The normalized spacial score (nSPS) is 14.9. The van der Waals surface area contributed by atoms with E-state index < -0.39 is 17.4 Å². The van der Waals surface area contributed by atoms with Crippen molar-refractivity contribution in [1.82, 2.24) is 4.72 Å². The highest BCUT2D eigenvalue weighted by molar-refractivity contribution is 8.56. The third-order valence-electron chi connectivity index (χ3n) is 4.98. The second-order valence-corrected chi connectivity index (χ2v) is 12.9. The Labute approximate surface area is 190 Å². The summed E-state index contributed by atoms with van der Waals surface area (Å²) in [6.07, 6.45) is 0. The minimum absolute atomic E-state index is 0.312. The molecule has 3 aromatic carbocycles. The molecular formula is C23H26N3O2PS2. The van der Waals surface area contributed by atoms with Gasteiger partial charge in [0, 0.05) is 36.8 Å². The summed E-state index contributed by atoms with van der Waals surface area (Å²) >= 11 is 1.82. The quantitative estimate of drug-likeness (QED) is 0.359. The maximum atomic E-state index is 12.6. The molecule has 0 bridgehead atoms. The number of nitrogens with one attached hydrogen (secondary N) is 1. The molecule has 5 nitrogen and oxygen atoms in total. The molecule has 1 aliphatic heterocycles. The number of sulfonamides is 1. The molecule has 1 saturated heterocycles. The molecule has 0 spiro atoms.